The standard InChI is InChI=1S/C17H8F6O2/c18-10-3-4-15(11(8-10)14-2-1-5-24-14)25-16-12(19)6-9(7-13(16)20)17(21,22)23/h1-8H. The summed E-state index contributed by atoms with van der Waals surface area (Å²) < 4.78 is 89.2. The summed E-state index contributed by atoms with van der Waals surface area (Å²) in [5, 5.41) is 0. The van der Waals surface area contributed by atoms with Gasteiger partial charge in [0, 0.05) is 0 Å². The minimum atomic E-state index is -4.91. The monoisotopic (exact) mass is 358 g/mol. The minimum Gasteiger partial charge on any atom is -0.464 e. The molecule has 25 heavy (non-hydrogen) atoms. The van der Waals surface area contributed by atoms with Gasteiger partial charge in [-0.15, -0.1) is 0 Å². The van der Waals surface area contributed by atoms with Crippen molar-refractivity contribution in [2.24, 2.45) is 0 Å². The van der Waals surface area contributed by atoms with Crippen molar-refractivity contribution >= 4 is 0 Å². The topological polar surface area (TPSA) is 22.4 Å². The Morgan fingerprint density at radius 2 is 1.56 bits per heavy atom. The van der Waals surface area contributed by atoms with E-state index in [1.807, 2.05) is 0 Å². The molecule has 2 aromatic carbocycles. The highest BCUT2D eigenvalue weighted by Crippen LogP contribution is 2.38. The third kappa shape index (κ3) is 3.47. The van der Waals surface area contributed by atoms with Crippen LogP contribution in [0, 0.1) is 17.5 Å². The van der Waals surface area contributed by atoms with Crippen LogP contribution >= 0.6 is 0 Å². The van der Waals surface area contributed by atoms with E-state index in [1.54, 1.807) is 0 Å². The summed E-state index contributed by atoms with van der Waals surface area (Å²) in [7, 11) is 0. The molecule has 0 saturated heterocycles. The molecule has 0 radical (unpaired) electrons. The largest absolute Gasteiger partial charge is 0.464 e. The van der Waals surface area contributed by atoms with E-state index in [9.17, 15) is 26.3 Å². The highest BCUT2D eigenvalue weighted by Gasteiger charge is 2.33. The van der Waals surface area contributed by atoms with Crippen LogP contribution in [0.25, 0.3) is 11.3 Å². The van der Waals surface area contributed by atoms with Crippen molar-refractivity contribution in [1.29, 1.82) is 0 Å². The molecule has 0 saturated carbocycles. The molecule has 1 aromatic heterocycles. The van der Waals surface area contributed by atoms with Gasteiger partial charge in [-0.2, -0.15) is 13.2 Å². The minimum absolute atomic E-state index is 0.0451. The lowest BCUT2D eigenvalue weighted by atomic mass is 10.1. The third-order valence-corrected chi connectivity index (χ3v) is 3.27. The van der Waals surface area contributed by atoms with Crippen LogP contribution in [0.2, 0.25) is 0 Å². The van der Waals surface area contributed by atoms with Gasteiger partial charge in [0.15, 0.2) is 17.4 Å². The first-order chi connectivity index (χ1) is 11.8. The zero-order valence-corrected chi connectivity index (χ0v) is 12.2. The van der Waals surface area contributed by atoms with Crippen molar-refractivity contribution in [2.75, 3.05) is 0 Å². The second-order valence-electron chi connectivity index (χ2n) is 4.99. The molecule has 0 amide bonds. The first-order valence-corrected chi connectivity index (χ1v) is 6.83. The summed E-state index contributed by atoms with van der Waals surface area (Å²) in [6.45, 7) is 0. The van der Waals surface area contributed by atoms with E-state index in [-0.39, 0.29) is 29.2 Å². The quantitative estimate of drug-likeness (QED) is 0.522. The molecular formula is C17H8F6O2. The van der Waals surface area contributed by atoms with Crippen molar-refractivity contribution in [3.8, 4) is 22.8 Å². The van der Waals surface area contributed by atoms with Crippen LogP contribution in [0.15, 0.2) is 53.1 Å². The molecule has 0 unspecified atom stereocenters. The number of hydrogen-bond acceptors (Lipinski definition) is 2. The highest BCUT2D eigenvalue weighted by molar-refractivity contribution is 5.66. The van der Waals surface area contributed by atoms with E-state index >= 15 is 0 Å². The number of ether oxygens (including phenoxy) is 1. The predicted octanol–water partition coefficient (Wildman–Crippen LogP) is 6.18. The van der Waals surface area contributed by atoms with Gasteiger partial charge in [0.2, 0.25) is 0 Å². The summed E-state index contributed by atoms with van der Waals surface area (Å²) in [6, 6.07) is 6.27. The van der Waals surface area contributed by atoms with Crippen molar-refractivity contribution in [2.45, 2.75) is 6.18 Å². The Morgan fingerprint density at radius 1 is 0.880 bits per heavy atom. The number of halogens is 6. The molecule has 2 nitrogen and oxygen atoms in total. The zero-order valence-electron chi connectivity index (χ0n) is 12.2. The Morgan fingerprint density at radius 3 is 2.12 bits per heavy atom. The summed E-state index contributed by atoms with van der Waals surface area (Å²) in [4.78, 5) is 0. The molecule has 0 spiro atoms. The summed E-state index contributed by atoms with van der Waals surface area (Å²) in [5.74, 6) is -4.81. The number of alkyl halides is 3. The van der Waals surface area contributed by atoms with Gasteiger partial charge in [0.25, 0.3) is 0 Å². The fourth-order valence-electron chi connectivity index (χ4n) is 2.15. The van der Waals surface area contributed by atoms with Crippen LogP contribution in [0.1, 0.15) is 5.56 Å². The fourth-order valence-corrected chi connectivity index (χ4v) is 2.15. The smallest absolute Gasteiger partial charge is 0.416 e. The molecule has 0 aliphatic carbocycles. The second-order valence-corrected chi connectivity index (χ2v) is 4.99. The Hall–Kier alpha value is -2.90. The molecule has 3 rings (SSSR count). The van der Waals surface area contributed by atoms with Crippen molar-refractivity contribution < 1.29 is 35.5 Å². The van der Waals surface area contributed by atoms with Crippen molar-refractivity contribution in [1.82, 2.24) is 0 Å². The van der Waals surface area contributed by atoms with Gasteiger partial charge in [-0.1, -0.05) is 0 Å². The second kappa shape index (κ2) is 6.19. The lowest BCUT2D eigenvalue weighted by Crippen LogP contribution is -2.07. The molecular weight excluding hydrogens is 350 g/mol. The number of benzene rings is 2. The molecule has 130 valence electrons. The number of hydrogen-bond donors (Lipinski definition) is 0. The van der Waals surface area contributed by atoms with Gasteiger partial charge in [-0.05, 0) is 42.5 Å². The molecule has 3 aromatic rings. The van der Waals surface area contributed by atoms with Gasteiger partial charge < -0.3 is 9.15 Å². The van der Waals surface area contributed by atoms with Gasteiger partial charge in [-0.25, -0.2) is 13.2 Å². The molecule has 0 N–H and O–H groups in total. The first kappa shape index (κ1) is 16.9. The van der Waals surface area contributed by atoms with E-state index in [0.29, 0.717) is 0 Å². The van der Waals surface area contributed by atoms with E-state index in [4.69, 9.17) is 9.15 Å². The highest BCUT2D eigenvalue weighted by atomic mass is 19.4. The molecule has 0 bridgehead atoms. The van der Waals surface area contributed by atoms with Gasteiger partial charge in [0.1, 0.15) is 17.3 Å². The van der Waals surface area contributed by atoms with Crippen LogP contribution < -0.4 is 4.74 Å². The maximum atomic E-state index is 13.9. The van der Waals surface area contributed by atoms with E-state index in [1.165, 1.54) is 18.4 Å². The van der Waals surface area contributed by atoms with Crippen LogP contribution in [0.5, 0.6) is 11.5 Å². The Balaban J connectivity index is 2.04. The summed E-state index contributed by atoms with van der Waals surface area (Å²) in [5.41, 5.74) is -1.44. The average molecular weight is 358 g/mol. The number of rotatable bonds is 3. The van der Waals surface area contributed by atoms with Gasteiger partial charge in [-0.3, -0.25) is 0 Å². The SMILES string of the molecule is Fc1ccc(Oc2c(F)cc(C(F)(F)F)cc2F)c(-c2ccco2)c1. The summed E-state index contributed by atoms with van der Waals surface area (Å²) >= 11 is 0. The molecule has 1 heterocycles. The fraction of sp³-hybridized carbons (Fsp3) is 0.0588. The lowest BCUT2D eigenvalue weighted by molar-refractivity contribution is -0.138. The van der Waals surface area contributed by atoms with Crippen LogP contribution in [-0.2, 0) is 6.18 Å². The van der Waals surface area contributed by atoms with E-state index in [0.717, 1.165) is 18.2 Å². The first-order valence-electron chi connectivity index (χ1n) is 6.83. The van der Waals surface area contributed by atoms with Gasteiger partial charge in [0.05, 0.1) is 17.4 Å². The van der Waals surface area contributed by atoms with Crippen molar-refractivity contribution in [3.63, 3.8) is 0 Å². The Labute approximate surface area is 137 Å². The molecule has 0 fully saturated rings. The maximum absolute atomic E-state index is 13.9. The van der Waals surface area contributed by atoms with Crippen LogP contribution in [-0.4, -0.2) is 0 Å². The van der Waals surface area contributed by atoms with Crippen LogP contribution in [0.3, 0.4) is 0 Å². The molecule has 8 heteroatoms. The maximum Gasteiger partial charge on any atom is 0.416 e. The Kier molecular flexibility index (Phi) is 4.20. The summed E-state index contributed by atoms with van der Waals surface area (Å²) in [6.07, 6.45) is -3.61. The van der Waals surface area contributed by atoms with Crippen molar-refractivity contribution in [3.05, 3.63) is 71.7 Å². The van der Waals surface area contributed by atoms with Gasteiger partial charge >= 0.3 is 6.18 Å². The zero-order chi connectivity index (χ0) is 18.2. The number of furan rings is 1. The predicted molar refractivity (Wildman–Crippen MR) is 75.5 cm³/mol. The average Bonchev–Trinajstić information content (AvgIpc) is 3.05. The van der Waals surface area contributed by atoms with Crippen LogP contribution in [0.4, 0.5) is 26.3 Å². The van der Waals surface area contributed by atoms with E-state index in [2.05, 4.69) is 0 Å². The molecule has 0 aliphatic rings. The molecule has 0 aliphatic heterocycles. The third-order valence-electron chi connectivity index (χ3n) is 3.27. The van der Waals surface area contributed by atoms with E-state index < -0.39 is 34.9 Å². The molecule has 0 atom stereocenters. The Bertz CT molecular complexity index is 877. The normalized spacial score (nSPS) is 11.6. The lowest BCUT2D eigenvalue weighted by Gasteiger charge is -2.13.